The Hall–Kier alpha value is -3.55. The molecule has 8 nitrogen and oxygen atoms in total. The molecule has 0 radical (unpaired) electrons. The molecule has 0 aliphatic heterocycles. The summed E-state index contributed by atoms with van der Waals surface area (Å²) in [5.41, 5.74) is 2.55. The number of nitrogens with one attached hydrogen (secondary N) is 1. The monoisotopic (exact) mass is 424 g/mol. The Kier molecular flexibility index (Phi) is 7.12. The first-order valence-corrected chi connectivity index (χ1v) is 10.1. The standard InChI is InChI=1S/C23H28N4O4/c1-15(2)21-25-22(31-26-21)17-7-9-18(10-8-17)24-23(28)27(3)13-12-16-6-11-19(29-4)20(14-16)30-5/h6-11,14-15H,12-13H2,1-5H3,(H,24,28). The highest BCUT2D eigenvalue weighted by atomic mass is 16.5. The van der Waals surface area contributed by atoms with Gasteiger partial charge in [0, 0.05) is 30.8 Å². The van der Waals surface area contributed by atoms with Crippen molar-refractivity contribution in [1.82, 2.24) is 15.0 Å². The molecule has 0 saturated heterocycles. The Morgan fingerprint density at radius 1 is 1.10 bits per heavy atom. The lowest BCUT2D eigenvalue weighted by Crippen LogP contribution is -2.32. The lowest BCUT2D eigenvalue weighted by atomic mass is 10.1. The van der Waals surface area contributed by atoms with Crippen LogP contribution in [-0.2, 0) is 6.42 Å². The van der Waals surface area contributed by atoms with E-state index in [1.54, 1.807) is 26.2 Å². The van der Waals surface area contributed by atoms with E-state index in [1.165, 1.54) is 0 Å². The van der Waals surface area contributed by atoms with Crippen LogP contribution in [0.25, 0.3) is 11.5 Å². The third kappa shape index (κ3) is 5.53. The van der Waals surface area contributed by atoms with Gasteiger partial charge < -0.3 is 24.2 Å². The SMILES string of the molecule is COc1ccc(CCN(C)C(=O)Nc2ccc(-c3nc(C(C)C)no3)cc2)cc1OC. The molecule has 0 aliphatic rings. The van der Waals surface area contributed by atoms with Crippen LogP contribution < -0.4 is 14.8 Å². The van der Waals surface area contributed by atoms with Crippen LogP contribution in [0.1, 0.15) is 31.2 Å². The molecule has 0 spiro atoms. The van der Waals surface area contributed by atoms with Crippen LogP contribution in [0.3, 0.4) is 0 Å². The molecule has 2 amide bonds. The van der Waals surface area contributed by atoms with E-state index in [2.05, 4.69) is 15.5 Å². The minimum absolute atomic E-state index is 0.187. The van der Waals surface area contributed by atoms with Gasteiger partial charge in [-0.1, -0.05) is 25.1 Å². The van der Waals surface area contributed by atoms with Crippen molar-refractivity contribution in [3.05, 3.63) is 53.9 Å². The third-order valence-corrected chi connectivity index (χ3v) is 4.87. The van der Waals surface area contributed by atoms with Gasteiger partial charge in [0.15, 0.2) is 17.3 Å². The highest BCUT2D eigenvalue weighted by molar-refractivity contribution is 5.89. The first-order chi connectivity index (χ1) is 14.9. The number of hydrogen-bond donors (Lipinski definition) is 1. The average molecular weight is 425 g/mol. The van der Waals surface area contributed by atoms with E-state index in [1.807, 2.05) is 56.3 Å². The number of nitrogens with zero attached hydrogens (tertiary/aromatic N) is 3. The van der Waals surface area contributed by atoms with E-state index in [9.17, 15) is 4.79 Å². The van der Waals surface area contributed by atoms with E-state index in [0.717, 1.165) is 11.1 Å². The maximum atomic E-state index is 12.5. The molecule has 0 aliphatic carbocycles. The van der Waals surface area contributed by atoms with Crippen LogP contribution in [0.2, 0.25) is 0 Å². The van der Waals surface area contributed by atoms with E-state index in [0.29, 0.717) is 41.9 Å². The summed E-state index contributed by atoms with van der Waals surface area (Å²) in [4.78, 5) is 18.5. The van der Waals surface area contributed by atoms with Gasteiger partial charge in [0.25, 0.3) is 5.89 Å². The van der Waals surface area contributed by atoms with Crippen molar-refractivity contribution in [2.75, 3.05) is 33.1 Å². The van der Waals surface area contributed by atoms with Crippen LogP contribution in [0, 0.1) is 0 Å². The molecular weight excluding hydrogens is 396 g/mol. The third-order valence-electron chi connectivity index (χ3n) is 4.87. The number of benzene rings is 2. The summed E-state index contributed by atoms with van der Waals surface area (Å²) in [5, 5.41) is 6.87. The number of rotatable bonds is 8. The van der Waals surface area contributed by atoms with Crippen molar-refractivity contribution >= 4 is 11.7 Å². The molecule has 0 fully saturated rings. The summed E-state index contributed by atoms with van der Waals surface area (Å²) >= 11 is 0. The van der Waals surface area contributed by atoms with Crippen molar-refractivity contribution in [3.63, 3.8) is 0 Å². The molecule has 1 heterocycles. The predicted octanol–water partition coefficient (Wildman–Crippen LogP) is 4.58. The zero-order valence-corrected chi connectivity index (χ0v) is 18.5. The molecule has 1 N–H and O–H groups in total. The van der Waals surface area contributed by atoms with Gasteiger partial charge in [-0.3, -0.25) is 0 Å². The molecule has 8 heteroatoms. The number of amides is 2. The second-order valence-electron chi connectivity index (χ2n) is 7.48. The molecule has 0 atom stereocenters. The zero-order valence-electron chi connectivity index (χ0n) is 18.5. The number of ether oxygens (including phenoxy) is 2. The molecule has 0 unspecified atom stereocenters. The van der Waals surface area contributed by atoms with Crippen LogP contribution in [0.4, 0.5) is 10.5 Å². The van der Waals surface area contributed by atoms with Gasteiger partial charge in [0.2, 0.25) is 0 Å². The smallest absolute Gasteiger partial charge is 0.321 e. The molecule has 0 bridgehead atoms. The second-order valence-corrected chi connectivity index (χ2v) is 7.48. The van der Waals surface area contributed by atoms with E-state index in [-0.39, 0.29) is 11.9 Å². The summed E-state index contributed by atoms with van der Waals surface area (Å²) < 4.78 is 15.9. The average Bonchev–Trinajstić information content (AvgIpc) is 3.28. The number of methoxy groups -OCH3 is 2. The molecular formula is C23H28N4O4. The van der Waals surface area contributed by atoms with Gasteiger partial charge in [-0.2, -0.15) is 4.98 Å². The minimum Gasteiger partial charge on any atom is -0.493 e. The molecule has 0 saturated carbocycles. The molecule has 164 valence electrons. The first-order valence-electron chi connectivity index (χ1n) is 10.1. The number of anilines is 1. The van der Waals surface area contributed by atoms with Gasteiger partial charge in [0.1, 0.15) is 0 Å². The number of carbonyl (C=O) groups is 1. The van der Waals surface area contributed by atoms with Crippen molar-refractivity contribution in [1.29, 1.82) is 0 Å². The number of aromatic nitrogens is 2. The van der Waals surface area contributed by atoms with Crippen molar-refractivity contribution in [2.24, 2.45) is 0 Å². The summed E-state index contributed by atoms with van der Waals surface area (Å²) in [7, 11) is 4.97. The van der Waals surface area contributed by atoms with Crippen LogP contribution in [0.5, 0.6) is 11.5 Å². The fourth-order valence-electron chi connectivity index (χ4n) is 2.94. The highest BCUT2D eigenvalue weighted by Crippen LogP contribution is 2.27. The Morgan fingerprint density at radius 3 is 2.42 bits per heavy atom. The predicted molar refractivity (Wildman–Crippen MR) is 119 cm³/mol. The van der Waals surface area contributed by atoms with Crippen LogP contribution in [-0.4, -0.2) is 48.9 Å². The highest BCUT2D eigenvalue weighted by Gasteiger charge is 2.13. The minimum atomic E-state index is -0.187. The molecule has 31 heavy (non-hydrogen) atoms. The largest absolute Gasteiger partial charge is 0.493 e. The Morgan fingerprint density at radius 2 is 1.81 bits per heavy atom. The number of likely N-dealkylation sites (N-methyl/N-ethyl adjacent to an activating group) is 1. The normalized spacial score (nSPS) is 10.8. The van der Waals surface area contributed by atoms with Gasteiger partial charge in [-0.15, -0.1) is 0 Å². The summed E-state index contributed by atoms with van der Waals surface area (Å²) in [6, 6.07) is 12.9. The van der Waals surface area contributed by atoms with E-state index >= 15 is 0 Å². The maximum Gasteiger partial charge on any atom is 0.321 e. The molecule has 3 rings (SSSR count). The van der Waals surface area contributed by atoms with Gasteiger partial charge in [-0.05, 0) is 48.4 Å². The Bertz CT molecular complexity index is 1010. The van der Waals surface area contributed by atoms with Crippen LogP contribution in [0.15, 0.2) is 47.0 Å². The topological polar surface area (TPSA) is 89.7 Å². The van der Waals surface area contributed by atoms with Crippen molar-refractivity contribution < 1.29 is 18.8 Å². The van der Waals surface area contributed by atoms with E-state index < -0.39 is 0 Å². The lowest BCUT2D eigenvalue weighted by molar-refractivity contribution is 0.223. The van der Waals surface area contributed by atoms with Crippen LogP contribution >= 0.6 is 0 Å². The Labute approximate surface area is 182 Å². The lowest BCUT2D eigenvalue weighted by Gasteiger charge is -2.18. The Balaban J connectivity index is 1.55. The summed E-state index contributed by atoms with van der Waals surface area (Å²) in [6.45, 7) is 4.57. The van der Waals surface area contributed by atoms with Gasteiger partial charge >= 0.3 is 6.03 Å². The number of hydrogen-bond acceptors (Lipinski definition) is 6. The maximum absolute atomic E-state index is 12.5. The van der Waals surface area contributed by atoms with Gasteiger partial charge in [-0.25, -0.2) is 4.79 Å². The number of urea groups is 1. The fourth-order valence-corrected chi connectivity index (χ4v) is 2.94. The summed E-state index contributed by atoms with van der Waals surface area (Å²) in [6.07, 6.45) is 0.693. The summed E-state index contributed by atoms with van der Waals surface area (Å²) in [5.74, 6) is 2.69. The number of carbonyl (C=O) groups excluding carboxylic acids is 1. The molecule has 2 aromatic carbocycles. The van der Waals surface area contributed by atoms with Gasteiger partial charge in [0.05, 0.1) is 14.2 Å². The first kappa shape index (κ1) is 22.1. The zero-order chi connectivity index (χ0) is 22.4. The van der Waals surface area contributed by atoms with Crippen molar-refractivity contribution in [2.45, 2.75) is 26.2 Å². The van der Waals surface area contributed by atoms with Crippen molar-refractivity contribution in [3.8, 4) is 23.0 Å². The van der Waals surface area contributed by atoms with E-state index in [4.69, 9.17) is 14.0 Å². The quantitative estimate of drug-likeness (QED) is 0.569. The second kappa shape index (κ2) is 9.97. The molecule has 1 aromatic heterocycles. The fraction of sp³-hybridized carbons (Fsp3) is 0.348. The molecule has 3 aromatic rings.